The van der Waals surface area contributed by atoms with Gasteiger partial charge in [-0.25, -0.2) is 4.79 Å². The molecule has 5 heteroatoms. The number of halogens is 1. The van der Waals surface area contributed by atoms with Crippen LogP contribution < -0.4 is 14.2 Å². The molecule has 0 aromatic heterocycles. The van der Waals surface area contributed by atoms with Gasteiger partial charge in [-0.05, 0) is 63.3 Å². The molecule has 132 valence electrons. The van der Waals surface area contributed by atoms with Gasteiger partial charge in [0.15, 0.2) is 11.5 Å². The van der Waals surface area contributed by atoms with Gasteiger partial charge in [-0.3, -0.25) is 0 Å². The molecule has 4 nitrogen and oxygen atoms in total. The predicted molar refractivity (Wildman–Crippen MR) is 102 cm³/mol. The quantitative estimate of drug-likeness (QED) is 0.376. The summed E-state index contributed by atoms with van der Waals surface area (Å²) in [4.78, 5) is 12.0. The van der Waals surface area contributed by atoms with E-state index in [0.29, 0.717) is 23.2 Å². The Kier molecular flexibility index (Phi) is 6.65. The van der Waals surface area contributed by atoms with Gasteiger partial charge in [0.1, 0.15) is 5.75 Å². The predicted octanol–water partition coefficient (Wildman–Crippen LogP) is 5.21. The lowest BCUT2D eigenvalue weighted by Crippen LogP contribution is -2.04. The van der Waals surface area contributed by atoms with Crippen molar-refractivity contribution >= 4 is 28.0 Å². The molecule has 0 radical (unpaired) electrons. The zero-order valence-corrected chi connectivity index (χ0v) is 16.3. The van der Waals surface area contributed by atoms with E-state index in [4.69, 9.17) is 14.2 Å². The summed E-state index contributed by atoms with van der Waals surface area (Å²) >= 11 is 3.44. The third kappa shape index (κ3) is 5.10. The summed E-state index contributed by atoms with van der Waals surface area (Å²) in [6.45, 7) is 4.22. The number of rotatable bonds is 6. The minimum absolute atomic E-state index is 0.408. The minimum Gasteiger partial charge on any atom is -0.493 e. The van der Waals surface area contributed by atoms with E-state index in [9.17, 15) is 4.79 Å². The average molecular weight is 405 g/mol. The van der Waals surface area contributed by atoms with Crippen LogP contribution >= 0.6 is 15.9 Å². The lowest BCUT2D eigenvalue weighted by Gasteiger charge is -2.09. The van der Waals surface area contributed by atoms with Crippen molar-refractivity contribution in [3.8, 4) is 17.2 Å². The van der Waals surface area contributed by atoms with Gasteiger partial charge in [-0.2, -0.15) is 0 Å². The maximum Gasteiger partial charge on any atom is 0.336 e. The van der Waals surface area contributed by atoms with Gasteiger partial charge < -0.3 is 14.2 Å². The normalized spacial score (nSPS) is 11.0. The van der Waals surface area contributed by atoms with Crippen molar-refractivity contribution in [3.63, 3.8) is 0 Å². The Labute approximate surface area is 156 Å². The number of carbonyl (C=O) groups excluding carboxylic acids is 1. The third-order valence-electron chi connectivity index (χ3n) is 3.65. The van der Waals surface area contributed by atoms with E-state index in [1.54, 1.807) is 38.5 Å². The van der Waals surface area contributed by atoms with Gasteiger partial charge in [-0.15, -0.1) is 0 Å². The summed E-state index contributed by atoms with van der Waals surface area (Å²) < 4.78 is 16.6. The van der Waals surface area contributed by atoms with Gasteiger partial charge in [0, 0.05) is 6.08 Å². The molecule has 0 aliphatic rings. The SMILES string of the molecule is COc1ccc(C=CC(=O)Oc2ccc(C(C)C)cc2Br)cc1OC. The van der Waals surface area contributed by atoms with Crippen LogP contribution in [0.1, 0.15) is 30.9 Å². The van der Waals surface area contributed by atoms with Gasteiger partial charge in [0.25, 0.3) is 0 Å². The fourth-order valence-corrected chi connectivity index (χ4v) is 2.70. The second kappa shape index (κ2) is 8.72. The molecule has 0 N–H and O–H groups in total. The Balaban J connectivity index is 2.08. The summed E-state index contributed by atoms with van der Waals surface area (Å²) in [5.41, 5.74) is 1.98. The molecule has 2 aromatic carbocycles. The second-order valence-electron chi connectivity index (χ2n) is 5.71. The highest BCUT2D eigenvalue weighted by Crippen LogP contribution is 2.30. The Morgan fingerprint density at radius 2 is 1.68 bits per heavy atom. The molecule has 2 aromatic rings. The molecule has 0 heterocycles. The van der Waals surface area contributed by atoms with Crippen LogP contribution in [-0.4, -0.2) is 20.2 Å². The number of methoxy groups -OCH3 is 2. The Morgan fingerprint density at radius 3 is 2.28 bits per heavy atom. The van der Waals surface area contributed by atoms with Crippen LogP contribution in [0.5, 0.6) is 17.2 Å². The molecule has 2 rings (SSSR count). The molecule has 0 fully saturated rings. The largest absolute Gasteiger partial charge is 0.493 e. The number of ether oxygens (including phenoxy) is 3. The summed E-state index contributed by atoms with van der Waals surface area (Å²) in [6, 6.07) is 11.1. The molecule has 0 spiro atoms. The fourth-order valence-electron chi connectivity index (χ4n) is 2.22. The van der Waals surface area contributed by atoms with Crippen molar-refractivity contribution in [1.82, 2.24) is 0 Å². The van der Waals surface area contributed by atoms with E-state index in [0.717, 1.165) is 10.0 Å². The summed E-state index contributed by atoms with van der Waals surface area (Å²) in [7, 11) is 3.14. The van der Waals surface area contributed by atoms with Gasteiger partial charge in [0.05, 0.1) is 18.7 Å². The minimum atomic E-state index is -0.451. The molecule has 0 atom stereocenters. The highest BCUT2D eigenvalue weighted by atomic mass is 79.9. The summed E-state index contributed by atoms with van der Waals surface area (Å²) in [5, 5.41) is 0. The zero-order chi connectivity index (χ0) is 18.4. The van der Waals surface area contributed by atoms with Crippen LogP contribution in [-0.2, 0) is 4.79 Å². The molecule has 0 aliphatic heterocycles. The zero-order valence-electron chi connectivity index (χ0n) is 14.7. The first-order valence-corrected chi connectivity index (χ1v) is 8.65. The Hall–Kier alpha value is -2.27. The number of carbonyl (C=O) groups is 1. The Morgan fingerprint density at radius 1 is 1.00 bits per heavy atom. The topological polar surface area (TPSA) is 44.8 Å². The van der Waals surface area contributed by atoms with E-state index in [-0.39, 0.29) is 0 Å². The lowest BCUT2D eigenvalue weighted by molar-refractivity contribution is -0.128. The standard InChI is InChI=1S/C20H21BrO4/c1-13(2)15-7-9-17(16(21)12-15)25-20(22)10-6-14-5-8-18(23-3)19(11-14)24-4/h5-13H,1-4H3. The highest BCUT2D eigenvalue weighted by Gasteiger charge is 2.08. The molecule has 0 unspecified atom stereocenters. The van der Waals surface area contributed by atoms with E-state index in [1.807, 2.05) is 18.2 Å². The average Bonchev–Trinajstić information content (AvgIpc) is 2.61. The maximum absolute atomic E-state index is 12.0. The monoisotopic (exact) mass is 404 g/mol. The number of hydrogen-bond acceptors (Lipinski definition) is 4. The number of esters is 1. The van der Waals surface area contributed by atoms with E-state index >= 15 is 0 Å². The van der Waals surface area contributed by atoms with E-state index in [1.165, 1.54) is 11.6 Å². The first-order chi connectivity index (χ1) is 11.9. The summed E-state index contributed by atoms with van der Waals surface area (Å²) in [5.74, 6) is 1.69. The van der Waals surface area contributed by atoms with Crippen molar-refractivity contribution in [1.29, 1.82) is 0 Å². The van der Waals surface area contributed by atoms with Gasteiger partial charge in [-0.1, -0.05) is 26.0 Å². The van der Waals surface area contributed by atoms with E-state index < -0.39 is 5.97 Å². The van der Waals surface area contributed by atoms with E-state index in [2.05, 4.69) is 29.8 Å². The number of benzene rings is 2. The molecule has 0 saturated carbocycles. The van der Waals surface area contributed by atoms with Crippen molar-refractivity contribution in [2.45, 2.75) is 19.8 Å². The van der Waals surface area contributed by atoms with Gasteiger partial charge in [0.2, 0.25) is 0 Å². The molecular formula is C20H21BrO4. The van der Waals surface area contributed by atoms with Crippen LogP contribution in [0.25, 0.3) is 6.08 Å². The highest BCUT2D eigenvalue weighted by molar-refractivity contribution is 9.10. The van der Waals surface area contributed by atoms with Crippen molar-refractivity contribution in [3.05, 3.63) is 58.1 Å². The first kappa shape index (κ1) is 19.1. The summed E-state index contributed by atoms with van der Waals surface area (Å²) in [6.07, 6.45) is 3.05. The fraction of sp³-hybridized carbons (Fsp3) is 0.250. The molecule has 0 saturated heterocycles. The third-order valence-corrected chi connectivity index (χ3v) is 4.27. The van der Waals surface area contributed by atoms with Crippen molar-refractivity contribution < 1.29 is 19.0 Å². The van der Waals surface area contributed by atoms with Crippen LogP contribution in [0.3, 0.4) is 0 Å². The van der Waals surface area contributed by atoms with Crippen LogP contribution in [0, 0.1) is 0 Å². The van der Waals surface area contributed by atoms with Crippen LogP contribution in [0.15, 0.2) is 46.9 Å². The molecule has 25 heavy (non-hydrogen) atoms. The maximum atomic E-state index is 12.0. The second-order valence-corrected chi connectivity index (χ2v) is 6.57. The van der Waals surface area contributed by atoms with Crippen LogP contribution in [0.4, 0.5) is 0 Å². The number of hydrogen-bond donors (Lipinski definition) is 0. The lowest BCUT2D eigenvalue weighted by atomic mass is 10.0. The molecule has 0 amide bonds. The van der Waals surface area contributed by atoms with Crippen molar-refractivity contribution in [2.75, 3.05) is 14.2 Å². The van der Waals surface area contributed by atoms with Crippen molar-refractivity contribution in [2.24, 2.45) is 0 Å². The molecular weight excluding hydrogens is 384 g/mol. The first-order valence-electron chi connectivity index (χ1n) is 7.86. The molecule has 0 aliphatic carbocycles. The van der Waals surface area contributed by atoms with Crippen LogP contribution in [0.2, 0.25) is 0 Å². The smallest absolute Gasteiger partial charge is 0.336 e. The molecule has 0 bridgehead atoms. The van der Waals surface area contributed by atoms with Gasteiger partial charge >= 0.3 is 5.97 Å². The Bertz CT molecular complexity index is 781.